The van der Waals surface area contributed by atoms with E-state index in [2.05, 4.69) is 83.3 Å². The number of fused-ring (bicyclic) bond motifs is 4. The van der Waals surface area contributed by atoms with E-state index in [0.717, 1.165) is 44.5 Å². The highest BCUT2D eigenvalue weighted by Crippen LogP contribution is 2.51. The molecule has 2 unspecified atom stereocenters. The van der Waals surface area contributed by atoms with Gasteiger partial charge in [0.1, 0.15) is 42.4 Å². The molecule has 81 heavy (non-hydrogen) atoms. The molecule has 1 aliphatic carbocycles. The normalized spacial score (nSPS) is 16.3. The highest BCUT2D eigenvalue weighted by molar-refractivity contribution is 7.44. The van der Waals surface area contributed by atoms with Gasteiger partial charge in [0, 0.05) is 36.5 Å². The number of nitrogens with one attached hydrogen (secondary N) is 2. The van der Waals surface area contributed by atoms with Gasteiger partial charge < -0.3 is 43.4 Å². The molecule has 2 aromatic heterocycles. The van der Waals surface area contributed by atoms with Crippen LogP contribution in [0.1, 0.15) is 96.4 Å². The number of hydrogen-bond donors (Lipinski definition) is 2. The van der Waals surface area contributed by atoms with Gasteiger partial charge in [-0.3, -0.25) is 9.36 Å². The lowest BCUT2D eigenvalue weighted by Crippen LogP contribution is -2.39. The maximum absolute atomic E-state index is 13.8. The van der Waals surface area contributed by atoms with Crippen molar-refractivity contribution in [2.24, 2.45) is 0 Å². The Labute approximate surface area is 473 Å². The number of methoxy groups -OCH3 is 2. The van der Waals surface area contributed by atoms with Gasteiger partial charge in [0.25, 0.3) is 14.4 Å². The van der Waals surface area contributed by atoms with Crippen LogP contribution in [0.15, 0.2) is 164 Å². The Hall–Kier alpha value is -8.07. The highest BCUT2D eigenvalue weighted by Gasteiger charge is 2.45. The van der Waals surface area contributed by atoms with Crippen LogP contribution in [-0.2, 0) is 35.4 Å². The van der Waals surface area contributed by atoms with Crippen molar-refractivity contribution in [3.05, 3.63) is 203 Å². The molecule has 10 rings (SSSR count). The molecule has 18 heteroatoms. The van der Waals surface area contributed by atoms with Crippen LogP contribution in [0.2, 0.25) is 0 Å². The average molecular weight is 1110 g/mol. The lowest BCUT2D eigenvalue weighted by Gasteiger charge is -2.39. The van der Waals surface area contributed by atoms with Gasteiger partial charge in [-0.25, -0.2) is 24.4 Å². The quantitative estimate of drug-likeness (QED) is 0.0349. The van der Waals surface area contributed by atoms with Crippen LogP contribution in [0.5, 0.6) is 11.5 Å². The first-order chi connectivity index (χ1) is 39.5. The summed E-state index contributed by atoms with van der Waals surface area (Å²) in [6.07, 6.45) is 1.05. The molecule has 4 atom stereocenters. The fourth-order valence-corrected chi connectivity index (χ4v) is 12.5. The second-order valence-corrected chi connectivity index (χ2v) is 21.7. The van der Waals surface area contributed by atoms with E-state index >= 15 is 0 Å². The van der Waals surface area contributed by atoms with Crippen molar-refractivity contribution in [1.29, 1.82) is 5.26 Å². The number of aromatic nitrogens is 4. The van der Waals surface area contributed by atoms with Crippen LogP contribution in [-0.4, -0.2) is 94.5 Å². The second kappa shape index (κ2) is 25.6. The number of rotatable bonds is 23. The van der Waals surface area contributed by atoms with Crippen molar-refractivity contribution in [2.75, 3.05) is 39.4 Å². The van der Waals surface area contributed by atoms with Crippen molar-refractivity contribution in [3.63, 3.8) is 0 Å². The van der Waals surface area contributed by atoms with E-state index in [1.165, 1.54) is 6.33 Å². The molecule has 2 N–H and O–H groups in total. The standard InChI is InChI=1S/C63H65N8O9P/c1-41(2)71(42(3)4)81(78-34-14-33-64)80-55-35-57(79-56(55)38-77-63(45-15-8-7-9-16-45,46-25-29-48(74-5)30-26-46)47-27-31-49(75-6)32-28-47)70-40-68-58-59(66-39-67-60(58)70)69-61(72)44-23-21-43(22-24-44)36-65-62(73)76-37-54-52-19-12-10-17-50(52)51-18-11-13-20-53(51)54/h7-13,15-32,39-42,54-57H,14,34-38H2,1-6H3,(H,65,73)(H,66,67,69,72)/t55?,56-,57-,81?/m1/s1. The molecule has 1 saturated heterocycles. The van der Waals surface area contributed by atoms with Crippen molar-refractivity contribution >= 4 is 37.5 Å². The Morgan fingerprint density at radius 2 is 1.37 bits per heavy atom. The van der Waals surface area contributed by atoms with Crippen LogP contribution in [0.4, 0.5) is 10.6 Å². The molecule has 3 heterocycles. The molecule has 1 fully saturated rings. The number of carbonyl (C=O) groups excluding carboxylic acids is 2. The van der Waals surface area contributed by atoms with Gasteiger partial charge in [-0.1, -0.05) is 115 Å². The number of imidazole rings is 1. The summed E-state index contributed by atoms with van der Waals surface area (Å²) in [5, 5.41) is 15.3. The van der Waals surface area contributed by atoms with Crippen molar-refractivity contribution in [1.82, 2.24) is 29.5 Å². The SMILES string of the molecule is COc1ccc(C(OC[C@H]2O[C@@H](n3cnc4c(NC(=O)c5ccc(CNC(=O)OCC6c7ccccc7-c7ccccc76)cc5)ncnc43)CC2OP(OCCC#N)N(C(C)C)C(C)C)(c2ccccc2)c2ccc(OC)cc2)cc1. The van der Waals surface area contributed by atoms with Gasteiger partial charge in [0.15, 0.2) is 17.0 Å². The van der Waals surface area contributed by atoms with Gasteiger partial charge in [-0.05, 0) is 109 Å². The average Bonchev–Trinajstić information content (AvgIpc) is 4.30. The summed E-state index contributed by atoms with van der Waals surface area (Å²) in [4.78, 5) is 40.6. The third kappa shape index (κ3) is 12.2. The second-order valence-electron chi connectivity index (χ2n) is 20.2. The molecule has 2 amide bonds. The predicted molar refractivity (Wildman–Crippen MR) is 309 cm³/mol. The summed E-state index contributed by atoms with van der Waals surface area (Å²) in [5.74, 6) is 1.14. The zero-order valence-electron chi connectivity index (χ0n) is 46.1. The van der Waals surface area contributed by atoms with E-state index in [0.29, 0.717) is 34.6 Å². The van der Waals surface area contributed by atoms with E-state index < -0.39 is 44.6 Å². The number of hydrogen-bond acceptors (Lipinski definition) is 14. The molecule has 0 spiro atoms. The number of benzene rings is 6. The van der Waals surface area contributed by atoms with E-state index in [1.807, 2.05) is 108 Å². The van der Waals surface area contributed by atoms with Crippen LogP contribution in [0.25, 0.3) is 22.3 Å². The highest BCUT2D eigenvalue weighted by atomic mass is 31.2. The third-order valence-electron chi connectivity index (χ3n) is 14.6. The molecular weight excluding hydrogens is 1040 g/mol. The third-order valence-corrected chi connectivity index (χ3v) is 16.8. The summed E-state index contributed by atoms with van der Waals surface area (Å²) >= 11 is 0. The molecule has 6 aromatic carbocycles. The first-order valence-electron chi connectivity index (χ1n) is 27.0. The Morgan fingerprint density at radius 1 is 0.765 bits per heavy atom. The molecular formula is C63H65N8O9P. The summed E-state index contributed by atoms with van der Waals surface area (Å²) in [7, 11) is 1.56. The summed E-state index contributed by atoms with van der Waals surface area (Å²) < 4.78 is 49.0. The fourth-order valence-electron chi connectivity index (χ4n) is 10.8. The summed E-state index contributed by atoms with van der Waals surface area (Å²) in [6.45, 7) is 9.02. The molecule has 1 aliphatic heterocycles. The molecule has 0 saturated carbocycles. The van der Waals surface area contributed by atoms with Crippen molar-refractivity contribution < 1.29 is 42.3 Å². The molecule has 0 bridgehead atoms. The molecule has 2 aliphatic rings. The number of amides is 2. The van der Waals surface area contributed by atoms with Crippen LogP contribution in [0, 0.1) is 11.3 Å². The summed E-state index contributed by atoms with van der Waals surface area (Å²) in [6, 6.07) is 51.3. The summed E-state index contributed by atoms with van der Waals surface area (Å²) in [5.41, 5.74) is 7.94. The molecule has 8 aromatic rings. The first-order valence-corrected chi connectivity index (χ1v) is 28.2. The fraction of sp³-hybridized carbons (Fsp3) is 0.302. The lowest BCUT2D eigenvalue weighted by molar-refractivity contribution is -0.0912. The smallest absolute Gasteiger partial charge is 0.407 e. The van der Waals surface area contributed by atoms with Gasteiger partial charge in [-0.15, -0.1) is 0 Å². The van der Waals surface area contributed by atoms with E-state index in [-0.39, 0.29) is 56.6 Å². The monoisotopic (exact) mass is 1110 g/mol. The van der Waals surface area contributed by atoms with Crippen molar-refractivity contribution in [2.45, 2.75) is 89.1 Å². The first kappa shape index (κ1) is 56.2. The van der Waals surface area contributed by atoms with E-state index in [9.17, 15) is 14.9 Å². The number of ether oxygens (including phenoxy) is 5. The predicted octanol–water partition coefficient (Wildman–Crippen LogP) is 12.1. The van der Waals surface area contributed by atoms with Crippen molar-refractivity contribution in [3.8, 4) is 28.7 Å². The van der Waals surface area contributed by atoms with Crippen LogP contribution in [0.3, 0.4) is 0 Å². The van der Waals surface area contributed by atoms with Gasteiger partial charge in [-0.2, -0.15) is 5.26 Å². The molecule has 17 nitrogen and oxygen atoms in total. The Bertz CT molecular complexity index is 3370. The van der Waals surface area contributed by atoms with Gasteiger partial charge in [0.2, 0.25) is 0 Å². The minimum atomic E-state index is -1.71. The number of carbonyl (C=O) groups is 2. The topological polar surface area (TPSA) is 193 Å². The van der Waals surface area contributed by atoms with Crippen LogP contribution < -0.4 is 20.1 Å². The van der Waals surface area contributed by atoms with Gasteiger partial charge in [0.05, 0.1) is 52.4 Å². The number of nitrogens with zero attached hydrogens (tertiary/aromatic N) is 6. The molecule has 416 valence electrons. The number of anilines is 1. The lowest BCUT2D eigenvalue weighted by atomic mass is 9.80. The molecule has 0 radical (unpaired) electrons. The number of nitriles is 1. The van der Waals surface area contributed by atoms with Gasteiger partial charge >= 0.3 is 6.09 Å². The zero-order valence-corrected chi connectivity index (χ0v) is 47.0. The Morgan fingerprint density at radius 3 is 1.98 bits per heavy atom. The zero-order chi connectivity index (χ0) is 56.5. The maximum atomic E-state index is 13.8. The largest absolute Gasteiger partial charge is 0.497 e. The minimum Gasteiger partial charge on any atom is -0.497 e. The minimum absolute atomic E-state index is 0.0431. The Kier molecular flexibility index (Phi) is 17.8. The van der Waals surface area contributed by atoms with E-state index in [1.54, 1.807) is 44.8 Å². The van der Waals surface area contributed by atoms with E-state index in [4.69, 9.17) is 37.7 Å². The van der Waals surface area contributed by atoms with Crippen LogP contribution >= 0.6 is 8.53 Å². The number of alkyl carbamates (subject to hydrolysis) is 1. The Balaban J connectivity index is 0.877. The maximum Gasteiger partial charge on any atom is 0.407 e.